The van der Waals surface area contributed by atoms with Gasteiger partial charge in [-0.15, -0.1) is 11.8 Å². The minimum absolute atomic E-state index is 0.158. The second-order valence-electron chi connectivity index (χ2n) is 11.6. The average molecular weight is 691 g/mol. The van der Waals surface area contributed by atoms with Crippen molar-refractivity contribution >= 4 is 35.3 Å². The summed E-state index contributed by atoms with van der Waals surface area (Å²) >= 11 is 1.54. The van der Waals surface area contributed by atoms with Crippen LogP contribution in [-0.4, -0.2) is 91.7 Å². The maximum absolute atomic E-state index is 14.9. The average Bonchev–Trinajstić information content (AvgIpc) is 3.11. The maximum atomic E-state index is 14.9. The molecule has 1 saturated heterocycles. The van der Waals surface area contributed by atoms with E-state index in [9.17, 15) is 9.18 Å². The number of rotatable bonds is 14. The molecule has 0 saturated carbocycles. The van der Waals surface area contributed by atoms with Gasteiger partial charge in [0.1, 0.15) is 23.9 Å². The number of halogens is 1. The van der Waals surface area contributed by atoms with Crippen molar-refractivity contribution in [2.24, 2.45) is 0 Å². The van der Waals surface area contributed by atoms with Gasteiger partial charge < -0.3 is 24.3 Å². The number of methoxy groups -OCH3 is 2. The van der Waals surface area contributed by atoms with E-state index in [0.29, 0.717) is 35.4 Å². The molecular formula is C36H43FN6O5S. The number of amides is 1. The number of hydrogen-bond acceptors (Lipinski definition) is 11. The summed E-state index contributed by atoms with van der Waals surface area (Å²) in [4.78, 5) is 27.7. The van der Waals surface area contributed by atoms with Crippen molar-refractivity contribution in [3.63, 3.8) is 0 Å². The molecule has 0 spiro atoms. The largest absolute Gasteiger partial charge is 0.497 e. The SMILES string of the molecule is COc1ccc(OC)c(C(OC(=O)Nc2ccnc(Nc3ccc(OCCN4CCN(C(C)C)CC4)c(F)c3)n2)c2ccccc2SC)c1. The van der Waals surface area contributed by atoms with Crippen LogP contribution in [0.25, 0.3) is 0 Å². The number of carbonyl (C=O) groups is 1. The Bertz CT molecular complexity index is 1700. The zero-order valence-electron chi connectivity index (χ0n) is 28.4. The van der Waals surface area contributed by atoms with Crippen LogP contribution < -0.4 is 24.8 Å². The number of nitrogens with zero attached hydrogens (tertiary/aromatic N) is 4. The lowest BCUT2D eigenvalue weighted by molar-refractivity contribution is 0.0965. The van der Waals surface area contributed by atoms with Gasteiger partial charge in [0.05, 0.1) is 14.2 Å². The molecule has 1 fully saturated rings. The van der Waals surface area contributed by atoms with Crippen molar-refractivity contribution in [3.05, 3.63) is 89.9 Å². The molecule has 49 heavy (non-hydrogen) atoms. The molecule has 1 aliphatic heterocycles. The summed E-state index contributed by atoms with van der Waals surface area (Å²) in [6, 6.07) is 19.7. The summed E-state index contributed by atoms with van der Waals surface area (Å²) in [7, 11) is 3.13. The van der Waals surface area contributed by atoms with Gasteiger partial charge in [0.15, 0.2) is 17.7 Å². The number of anilines is 3. The molecule has 0 aliphatic carbocycles. The first kappa shape index (κ1) is 35.7. The Kier molecular flexibility index (Phi) is 12.5. The molecule has 2 heterocycles. The van der Waals surface area contributed by atoms with Crippen molar-refractivity contribution in [2.75, 3.05) is 70.4 Å². The molecule has 5 rings (SSSR count). The number of benzene rings is 3. The van der Waals surface area contributed by atoms with Gasteiger partial charge in [0, 0.05) is 72.7 Å². The summed E-state index contributed by atoms with van der Waals surface area (Å²) in [6.45, 7) is 9.55. The zero-order chi connectivity index (χ0) is 34.8. The van der Waals surface area contributed by atoms with Crippen LogP contribution >= 0.6 is 11.8 Å². The van der Waals surface area contributed by atoms with E-state index in [1.54, 1.807) is 44.6 Å². The smallest absolute Gasteiger partial charge is 0.413 e. The Labute approximate surface area is 291 Å². The Morgan fingerprint density at radius 3 is 2.45 bits per heavy atom. The standard InChI is InChI=1S/C36H43FN6O5S/c1-24(2)43-18-16-42(17-19-43)20-21-47-31-12-10-25(22-29(31)37)39-35-38-15-14-33(40-35)41-36(44)48-34(27-8-6-7-9-32(27)49-5)28-23-26(45-3)11-13-30(28)46-4/h6-15,22-24,34H,16-21H2,1-5H3,(H2,38,39,40,41,44). The van der Waals surface area contributed by atoms with Crippen LogP contribution in [0.5, 0.6) is 17.2 Å². The van der Waals surface area contributed by atoms with Gasteiger partial charge in [-0.3, -0.25) is 15.1 Å². The van der Waals surface area contributed by atoms with Gasteiger partial charge in [0.2, 0.25) is 5.95 Å². The molecule has 13 heteroatoms. The van der Waals surface area contributed by atoms with Crippen molar-refractivity contribution in [1.82, 2.24) is 19.8 Å². The number of thioether (sulfide) groups is 1. The summed E-state index contributed by atoms with van der Waals surface area (Å²) in [6.07, 6.45) is 1.86. The molecule has 3 aromatic carbocycles. The Morgan fingerprint density at radius 1 is 0.959 bits per heavy atom. The predicted molar refractivity (Wildman–Crippen MR) is 190 cm³/mol. The normalized spacial score (nSPS) is 14.3. The molecule has 11 nitrogen and oxygen atoms in total. The van der Waals surface area contributed by atoms with Gasteiger partial charge in [0.25, 0.3) is 0 Å². The molecule has 2 N–H and O–H groups in total. The fraction of sp³-hybridized carbons (Fsp3) is 0.361. The summed E-state index contributed by atoms with van der Waals surface area (Å²) < 4.78 is 37.8. The van der Waals surface area contributed by atoms with Crippen LogP contribution in [0.3, 0.4) is 0 Å². The highest BCUT2D eigenvalue weighted by Crippen LogP contribution is 2.39. The fourth-order valence-electron chi connectivity index (χ4n) is 5.56. The van der Waals surface area contributed by atoms with Crippen LogP contribution in [-0.2, 0) is 4.74 Å². The molecule has 1 unspecified atom stereocenters. The molecule has 1 amide bonds. The summed E-state index contributed by atoms with van der Waals surface area (Å²) in [5.41, 5.74) is 1.82. The zero-order valence-corrected chi connectivity index (χ0v) is 29.3. The van der Waals surface area contributed by atoms with E-state index in [1.807, 2.05) is 30.5 Å². The van der Waals surface area contributed by atoms with E-state index in [1.165, 1.54) is 30.1 Å². The van der Waals surface area contributed by atoms with Crippen LogP contribution in [0.1, 0.15) is 31.1 Å². The number of hydrogen-bond donors (Lipinski definition) is 2. The van der Waals surface area contributed by atoms with Gasteiger partial charge in [-0.25, -0.2) is 14.2 Å². The highest BCUT2D eigenvalue weighted by molar-refractivity contribution is 7.98. The minimum atomic E-state index is -0.827. The first-order valence-electron chi connectivity index (χ1n) is 16.1. The number of aromatic nitrogens is 2. The van der Waals surface area contributed by atoms with Crippen LogP contribution in [0.2, 0.25) is 0 Å². The summed E-state index contributed by atoms with van der Waals surface area (Å²) in [5, 5.41) is 5.67. The van der Waals surface area contributed by atoms with E-state index in [-0.39, 0.29) is 17.5 Å². The predicted octanol–water partition coefficient (Wildman–Crippen LogP) is 6.84. The highest BCUT2D eigenvalue weighted by atomic mass is 32.2. The molecule has 1 atom stereocenters. The lowest BCUT2D eigenvalue weighted by Crippen LogP contribution is -2.49. The fourth-order valence-corrected chi connectivity index (χ4v) is 6.19. The second kappa shape index (κ2) is 17.2. The minimum Gasteiger partial charge on any atom is -0.497 e. The Hall–Kier alpha value is -4.59. The third-order valence-electron chi connectivity index (χ3n) is 8.24. The van der Waals surface area contributed by atoms with E-state index in [0.717, 1.165) is 43.2 Å². The molecule has 1 aliphatic rings. The molecular weight excluding hydrogens is 647 g/mol. The number of carbonyl (C=O) groups excluding carboxylic acids is 1. The first-order chi connectivity index (χ1) is 23.8. The topological polar surface area (TPSA) is 110 Å². The first-order valence-corrected chi connectivity index (χ1v) is 17.3. The number of ether oxygens (including phenoxy) is 4. The van der Waals surface area contributed by atoms with Crippen molar-refractivity contribution in [1.29, 1.82) is 0 Å². The number of piperazine rings is 1. The highest BCUT2D eigenvalue weighted by Gasteiger charge is 2.26. The van der Waals surface area contributed by atoms with E-state index in [2.05, 4.69) is 44.2 Å². The van der Waals surface area contributed by atoms with Crippen LogP contribution in [0.15, 0.2) is 77.8 Å². The van der Waals surface area contributed by atoms with Crippen LogP contribution in [0, 0.1) is 5.82 Å². The Morgan fingerprint density at radius 2 is 1.73 bits per heavy atom. The second-order valence-corrected chi connectivity index (χ2v) is 12.5. The lowest BCUT2D eigenvalue weighted by Gasteiger charge is -2.36. The van der Waals surface area contributed by atoms with E-state index in [4.69, 9.17) is 18.9 Å². The lowest BCUT2D eigenvalue weighted by atomic mass is 10.00. The third-order valence-corrected chi connectivity index (χ3v) is 9.05. The van der Waals surface area contributed by atoms with Gasteiger partial charge >= 0.3 is 6.09 Å². The van der Waals surface area contributed by atoms with Crippen LogP contribution in [0.4, 0.5) is 26.6 Å². The maximum Gasteiger partial charge on any atom is 0.413 e. The third kappa shape index (κ3) is 9.52. The quantitative estimate of drug-likeness (QED) is 0.136. The molecule has 4 aromatic rings. The van der Waals surface area contributed by atoms with Crippen molar-refractivity contribution in [2.45, 2.75) is 30.9 Å². The van der Waals surface area contributed by atoms with E-state index >= 15 is 0 Å². The van der Waals surface area contributed by atoms with Gasteiger partial charge in [-0.1, -0.05) is 18.2 Å². The molecule has 260 valence electrons. The van der Waals surface area contributed by atoms with Crippen molar-refractivity contribution < 1.29 is 28.1 Å². The molecule has 0 radical (unpaired) electrons. The summed E-state index contributed by atoms with van der Waals surface area (Å²) in [5.74, 6) is 1.14. The number of nitrogens with one attached hydrogen (secondary N) is 2. The molecule has 0 bridgehead atoms. The molecule has 1 aromatic heterocycles. The van der Waals surface area contributed by atoms with Crippen molar-refractivity contribution in [3.8, 4) is 17.2 Å². The monoisotopic (exact) mass is 690 g/mol. The van der Waals surface area contributed by atoms with Gasteiger partial charge in [-0.2, -0.15) is 4.98 Å². The van der Waals surface area contributed by atoms with Gasteiger partial charge in [-0.05, 0) is 62.6 Å². The Balaban J connectivity index is 1.22. The van der Waals surface area contributed by atoms with E-state index < -0.39 is 18.0 Å².